The molecule has 0 aliphatic heterocycles. The molecule has 7 heteroatoms. The average Bonchev–Trinajstić information content (AvgIpc) is 2.54. The number of benzene rings is 1. The lowest BCUT2D eigenvalue weighted by Crippen LogP contribution is -2.24. The molecule has 2 aromatic rings. The zero-order valence-corrected chi connectivity index (χ0v) is 11.5. The van der Waals surface area contributed by atoms with E-state index in [9.17, 15) is 9.18 Å². The molecule has 1 amide bonds. The van der Waals surface area contributed by atoms with Crippen LogP contribution in [0.15, 0.2) is 18.2 Å². The Morgan fingerprint density at radius 1 is 1.58 bits per heavy atom. The molecule has 1 aromatic carbocycles. The highest BCUT2D eigenvalue weighted by Gasteiger charge is 2.12. The fourth-order valence-corrected chi connectivity index (χ4v) is 1.75. The number of aromatic nitrogens is 2. The van der Waals surface area contributed by atoms with Crippen LogP contribution < -0.4 is 11.1 Å². The van der Waals surface area contributed by atoms with Crippen LogP contribution in [-0.4, -0.2) is 21.5 Å². The molecule has 19 heavy (non-hydrogen) atoms. The van der Waals surface area contributed by atoms with Crippen molar-refractivity contribution in [2.45, 2.75) is 19.4 Å². The molecule has 1 aromatic heterocycles. The number of aryl methyl sites for hydroxylation is 1. The molecule has 104 valence electrons. The van der Waals surface area contributed by atoms with Gasteiger partial charge in [0, 0.05) is 25.6 Å². The number of amides is 1. The summed E-state index contributed by atoms with van der Waals surface area (Å²) in [6.07, 6.45) is 0.220. The van der Waals surface area contributed by atoms with Crippen molar-refractivity contribution >= 4 is 35.3 Å². The maximum Gasteiger partial charge on any atom is 0.228 e. The van der Waals surface area contributed by atoms with E-state index in [0.29, 0.717) is 11.5 Å². The third-order valence-corrected chi connectivity index (χ3v) is 2.60. The lowest BCUT2D eigenvalue weighted by molar-refractivity contribution is -0.116. The van der Waals surface area contributed by atoms with E-state index in [1.807, 2.05) is 0 Å². The van der Waals surface area contributed by atoms with Crippen molar-refractivity contribution in [3.05, 3.63) is 24.0 Å². The molecule has 0 spiro atoms. The molecule has 0 radical (unpaired) electrons. The number of hydrogen-bond donors (Lipinski definition) is 2. The first kappa shape index (κ1) is 15.4. The number of carbonyl (C=O) groups is 1. The van der Waals surface area contributed by atoms with E-state index < -0.39 is 0 Å². The van der Waals surface area contributed by atoms with Crippen LogP contribution in [0.2, 0.25) is 0 Å². The van der Waals surface area contributed by atoms with Gasteiger partial charge in [0.2, 0.25) is 11.9 Å². The maximum absolute atomic E-state index is 13.1. The Hall–Kier alpha value is -1.66. The number of halogens is 2. The molecule has 0 aliphatic rings. The van der Waals surface area contributed by atoms with Crippen LogP contribution in [0.25, 0.3) is 11.0 Å². The Labute approximate surface area is 116 Å². The Morgan fingerprint density at radius 2 is 2.26 bits per heavy atom. The Balaban J connectivity index is 0.00000180. The third kappa shape index (κ3) is 3.42. The second-order valence-corrected chi connectivity index (χ2v) is 4.36. The van der Waals surface area contributed by atoms with E-state index >= 15 is 0 Å². The fourth-order valence-electron chi connectivity index (χ4n) is 1.75. The van der Waals surface area contributed by atoms with E-state index in [4.69, 9.17) is 5.73 Å². The minimum atomic E-state index is -0.353. The Bertz CT molecular complexity index is 597. The number of rotatable bonds is 3. The number of hydrogen-bond acceptors (Lipinski definition) is 3. The quantitative estimate of drug-likeness (QED) is 0.904. The number of imidazole rings is 1. The maximum atomic E-state index is 13.1. The number of nitrogens with zero attached hydrogens (tertiary/aromatic N) is 2. The summed E-state index contributed by atoms with van der Waals surface area (Å²) in [5.41, 5.74) is 6.81. The molecular weight excluding hydrogens is 271 g/mol. The standard InChI is InChI=1S/C12H15FN4O.ClH/c1-7(14)5-11(18)16-12-15-9-6-8(13)3-4-10(9)17(12)2;/h3-4,6-7H,5,14H2,1-2H3,(H,15,16,18);1H. The number of carbonyl (C=O) groups excluding carboxylic acids is 1. The van der Waals surface area contributed by atoms with Gasteiger partial charge in [-0.25, -0.2) is 9.37 Å². The number of anilines is 1. The summed E-state index contributed by atoms with van der Waals surface area (Å²) in [4.78, 5) is 15.8. The first-order chi connectivity index (χ1) is 8.47. The Kier molecular flexibility index (Phi) is 4.85. The van der Waals surface area contributed by atoms with Crippen molar-refractivity contribution in [1.29, 1.82) is 0 Å². The van der Waals surface area contributed by atoms with Crippen molar-refractivity contribution in [3.8, 4) is 0 Å². The smallest absolute Gasteiger partial charge is 0.228 e. The fraction of sp³-hybridized carbons (Fsp3) is 0.333. The number of fused-ring (bicyclic) bond motifs is 1. The van der Waals surface area contributed by atoms with Gasteiger partial charge in [-0.15, -0.1) is 12.4 Å². The zero-order chi connectivity index (χ0) is 13.3. The van der Waals surface area contributed by atoms with E-state index in [-0.39, 0.29) is 36.6 Å². The van der Waals surface area contributed by atoms with Crippen molar-refractivity contribution in [1.82, 2.24) is 9.55 Å². The van der Waals surface area contributed by atoms with Gasteiger partial charge >= 0.3 is 0 Å². The van der Waals surface area contributed by atoms with Crippen LogP contribution in [0.1, 0.15) is 13.3 Å². The minimum absolute atomic E-state index is 0. The molecule has 0 bridgehead atoms. The molecule has 5 nitrogen and oxygen atoms in total. The molecule has 0 saturated carbocycles. The summed E-state index contributed by atoms with van der Waals surface area (Å²) in [6.45, 7) is 1.75. The van der Waals surface area contributed by atoms with Crippen molar-refractivity contribution in [2.75, 3.05) is 5.32 Å². The molecule has 0 fully saturated rings. The summed E-state index contributed by atoms with van der Waals surface area (Å²) < 4.78 is 14.8. The summed E-state index contributed by atoms with van der Waals surface area (Å²) in [5, 5.41) is 2.66. The summed E-state index contributed by atoms with van der Waals surface area (Å²) >= 11 is 0. The highest BCUT2D eigenvalue weighted by Crippen LogP contribution is 2.19. The van der Waals surface area contributed by atoms with Crippen LogP contribution >= 0.6 is 12.4 Å². The molecular formula is C12H16ClFN4O. The van der Waals surface area contributed by atoms with E-state index in [1.54, 1.807) is 24.6 Å². The monoisotopic (exact) mass is 286 g/mol. The van der Waals surface area contributed by atoms with Crippen LogP contribution in [0, 0.1) is 5.82 Å². The van der Waals surface area contributed by atoms with Gasteiger partial charge in [0.1, 0.15) is 5.82 Å². The SMILES string of the molecule is CC(N)CC(=O)Nc1nc2cc(F)ccc2n1C.Cl. The first-order valence-electron chi connectivity index (χ1n) is 5.65. The van der Waals surface area contributed by atoms with Gasteiger partial charge in [-0.3, -0.25) is 10.1 Å². The summed E-state index contributed by atoms with van der Waals surface area (Å²) in [5.74, 6) is -0.167. The highest BCUT2D eigenvalue weighted by molar-refractivity contribution is 5.91. The molecule has 3 N–H and O–H groups in total. The lowest BCUT2D eigenvalue weighted by Gasteiger charge is -2.06. The average molecular weight is 287 g/mol. The third-order valence-electron chi connectivity index (χ3n) is 2.60. The molecule has 1 atom stereocenters. The number of nitrogens with two attached hydrogens (primary N) is 1. The molecule has 1 heterocycles. The molecule has 0 aliphatic carbocycles. The van der Waals surface area contributed by atoms with Gasteiger partial charge in [-0.1, -0.05) is 0 Å². The van der Waals surface area contributed by atoms with E-state index in [2.05, 4.69) is 10.3 Å². The molecule has 1 unspecified atom stereocenters. The first-order valence-corrected chi connectivity index (χ1v) is 5.65. The number of nitrogens with one attached hydrogen (secondary N) is 1. The van der Waals surface area contributed by atoms with Gasteiger partial charge in [0.25, 0.3) is 0 Å². The normalized spacial score (nSPS) is 12.0. The predicted octanol–water partition coefficient (Wildman–Crippen LogP) is 1.81. The molecule has 0 saturated heterocycles. The van der Waals surface area contributed by atoms with Crippen LogP contribution in [0.3, 0.4) is 0 Å². The second kappa shape index (κ2) is 5.99. The highest BCUT2D eigenvalue weighted by atomic mass is 35.5. The van der Waals surface area contributed by atoms with E-state index in [0.717, 1.165) is 5.52 Å². The predicted molar refractivity (Wildman–Crippen MR) is 74.8 cm³/mol. The van der Waals surface area contributed by atoms with Crippen molar-refractivity contribution < 1.29 is 9.18 Å². The van der Waals surface area contributed by atoms with Crippen LogP contribution in [0.4, 0.5) is 10.3 Å². The van der Waals surface area contributed by atoms with Gasteiger partial charge in [-0.2, -0.15) is 0 Å². The van der Waals surface area contributed by atoms with Gasteiger partial charge in [-0.05, 0) is 19.1 Å². The van der Waals surface area contributed by atoms with Crippen molar-refractivity contribution in [2.24, 2.45) is 12.8 Å². The van der Waals surface area contributed by atoms with Gasteiger partial charge in [0.15, 0.2) is 0 Å². The van der Waals surface area contributed by atoms with E-state index in [1.165, 1.54) is 12.1 Å². The van der Waals surface area contributed by atoms with Gasteiger partial charge in [0.05, 0.1) is 11.0 Å². The van der Waals surface area contributed by atoms with Crippen molar-refractivity contribution in [3.63, 3.8) is 0 Å². The topological polar surface area (TPSA) is 72.9 Å². The Morgan fingerprint density at radius 3 is 2.89 bits per heavy atom. The summed E-state index contributed by atoms with van der Waals surface area (Å²) in [7, 11) is 1.76. The van der Waals surface area contributed by atoms with Crippen LogP contribution in [0.5, 0.6) is 0 Å². The zero-order valence-electron chi connectivity index (χ0n) is 10.7. The summed E-state index contributed by atoms with van der Waals surface area (Å²) in [6, 6.07) is 4.10. The van der Waals surface area contributed by atoms with Gasteiger partial charge < -0.3 is 10.3 Å². The lowest BCUT2D eigenvalue weighted by atomic mass is 10.2. The second-order valence-electron chi connectivity index (χ2n) is 4.36. The van der Waals surface area contributed by atoms with Crippen LogP contribution in [-0.2, 0) is 11.8 Å². The largest absolute Gasteiger partial charge is 0.327 e. The minimum Gasteiger partial charge on any atom is -0.327 e. The molecule has 2 rings (SSSR count).